The Kier molecular flexibility index (Phi) is 5.72. The molecule has 10 heteroatoms. The maximum absolute atomic E-state index is 13.0. The summed E-state index contributed by atoms with van der Waals surface area (Å²) in [7, 11) is 0. The molecule has 0 radical (unpaired) electrons. The zero-order chi connectivity index (χ0) is 22.0. The van der Waals surface area contributed by atoms with E-state index >= 15 is 0 Å². The van der Waals surface area contributed by atoms with Crippen LogP contribution in [0.25, 0.3) is 10.9 Å². The molecular weight excluding hydrogens is 400 g/mol. The molecule has 0 spiro atoms. The number of hydrogen-bond acceptors (Lipinski definition) is 7. The highest BCUT2D eigenvalue weighted by atomic mass is 16.5. The number of ether oxygens (including phenoxy) is 1. The second-order valence-electron chi connectivity index (χ2n) is 7.37. The van der Waals surface area contributed by atoms with Gasteiger partial charge in [-0.05, 0) is 37.6 Å². The van der Waals surface area contributed by atoms with Crippen molar-refractivity contribution in [3.8, 4) is 0 Å². The van der Waals surface area contributed by atoms with Crippen molar-refractivity contribution in [1.29, 1.82) is 0 Å². The number of morpholine rings is 1. The quantitative estimate of drug-likeness (QED) is 0.473. The van der Waals surface area contributed by atoms with E-state index in [-0.39, 0.29) is 18.1 Å². The van der Waals surface area contributed by atoms with Gasteiger partial charge in [-0.15, -0.1) is 0 Å². The number of carboxylic acids is 1. The van der Waals surface area contributed by atoms with E-state index in [9.17, 15) is 9.59 Å². The number of fused-ring (bicyclic) bond motifs is 1. The van der Waals surface area contributed by atoms with Gasteiger partial charge >= 0.3 is 5.97 Å². The number of nitrogens with zero attached hydrogens (tertiary/aromatic N) is 3. The van der Waals surface area contributed by atoms with E-state index in [4.69, 9.17) is 9.84 Å². The van der Waals surface area contributed by atoms with Gasteiger partial charge in [0.15, 0.2) is 0 Å². The van der Waals surface area contributed by atoms with Crippen LogP contribution in [0.5, 0.6) is 0 Å². The van der Waals surface area contributed by atoms with E-state index < -0.39 is 11.9 Å². The Bertz CT molecular complexity index is 1140. The molecule has 31 heavy (non-hydrogen) atoms. The van der Waals surface area contributed by atoms with Crippen LogP contribution in [0.1, 0.15) is 21.7 Å². The molecule has 4 N–H and O–H groups in total. The number of nitrogens with one attached hydrogen (secondary N) is 3. The Balaban J connectivity index is 1.61. The number of anilines is 3. The number of carbonyl (C=O) groups is 2. The van der Waals surface area contributed by atoms with Crippen molar-refractivity contribution in [3.63, 3.8) is 0 Å². The first kappa shape index (κ1) is 20.6. The summed E-state index contributed by atoms with van der Waals surface area (Å²) in [6.45, 7) is 5.97. The highest BCUT2D eigenvalue weighted by molar-refractivity contribution is 6.04. The Morgan fingerprint density at radius 1 is 1.19 bits per heavy atom. The second-order valence-corrected chi connectivity index (χ2v) is 7.37. The van der Waals surface area contributed by atoms with Gasteiger partial charge in [0.05, 0.1) is 13.2 Å². The van der Waals surface area contributed by atoms with E-state index in [1.54, 1.807) is 0 Å². The Hall–Kier alpha value is -3.66. The molecule has 0 aliphatic carbocycles. The number of benzene rings is 1. The van der Waals surface area contributed by atoms with Crippen LogP contribution < -0.4 is 15.5 Å². The largest absolute Gasteiger partial charge is 0.480 e. The minimum Gasteiger partial charge on any atom is -0.480 e. The average Bonchev–Trinajstić information content (AvgIpc) is 3.06. The molecule has 3 heterocycles. The van der Waals surface area contributed by atoms with Gasteiger partial charge in [0, 0.05) is 41.4 Å². The van der Waals surface area contributed by atoms with Gasteiger partial charge in [0.25, 0.3) is 5.91 Å². The fourth-order valence-electron chi connectivity index (χ4n) is 3.45. The third kappa shape index (κ3) is 4.58. The molecular formula is C21H24N6O4. The topological polar surface area (TPSA) is 132 Å². The average molecular weight is 424 g/mol. The molecule has 4 rings (SSSR count). The summed E-state index contributed by atoms with van der Waals surface area (Å²) >= 11 is 0. The number of aliphatic carboxylic acids is 1. The first-order valence-electron chi connectivity index (χ1n) is 9.98. The van der Waals surface area contributed by atoms with Crippen LogP contribution in [0, 0.1) is 13.8 Å². The Labute approximate surface area is 178 Å². The van der Waals surface area contributed by atoms with Gasteiger partial charge in [-0.25, -0.2) is 4.98 Å². The van der Waals surface area contributed by atoms with Crippen LogP contribution in [0.2, 0.25) is 0 Å². The maximum Gasteiger partial charge on any atom is 0.322 e. The van der Waals surface area contributed by atoms with Crippen molar-refractivity contribution in [2.24, 2.45) is 0 Å². The van der Waals surface area contributed by atoms with Crippen molar-refractivity contribution in [2.75, 3.05) is 48.4 Å². The molecule has 2 aromatic heterocycles. The van der Waals surface area contributed by atoms with E-state index in [0.717, 1.165) is 22.2 Å². The number of carbonyl (C=O) groups excluding carboxylic acids is 1. The van der Waals surface area contributed by atoms with E-state index in [1.165, 1.54) is 6.07 Å². The SMILES string of the molecule is Cc1[nH]c2ccc(NC(=O)c3cc(NCC(=O)O)nc(N4CCOCC4)n3)cc2c1C. The van der Waals surface area contributed by atoms with Crippen LogP contribution in [-0.4, -0.2) is 64.8 Å². The standard InChI is InChI=1S/C21H24N6O4/c1-12-13(2)23-16-4-3-14(9-15(12)16)24-20(30)17-10-18(22-11-19(28)29)26-21(25-17)27-5-7-31-8-6-27/h3-4,9-10,23H,5-8,11H2,1-2H3,(H,24,30)(H,28,29)(H,22,25,26). The minimum absolute atomic E-state index is 0.145. The highest BCUT2D eigenvalue weighted by Crippen LogP contribution is 2.25. The fourth-order valence-corrected chi connectivity index (χ4v) is 3.45. The van der Waals surface area contributed by atoms with Crippen LogP contribution in [0.3, 0.4) is 0 Å². The van der Waals surface area contributed by atoms with Gasteiger partial charge in [-0.2, -0.15) is 4.98 Å². The Morgan fingerprint density at radius 2 is 1.97 bits per heavy atom. The van der Waals surface area contributed by atoms with Gasteiger partial charge < -0.3 is 30.4 Å². The van der Waals surface area contributed by atoms with E-state index in [1.807, 2.05) is 36.9 Å². The number of carboxylic acid groups (broad SMARTS) is 1. The van der Waals surface area contributed by atoms with Gasteiger partial charge in [-0.3, -0.25) is 9.59 Å². The molecule has 162 valence electrons. The zero-order valence-corrected chi connectivity index (χ0v) is 17.4. The lowest BCUT2D eigenvalue weighted by Crippen LogP contribution is -2.37. The molecule has 0 atom stereocenters. The number of rotatable bonds is 6. The molecule has 1 fully saturated rings. The molecule has 1 aliphatic rings. The predicted molar refractivity (Wildman–Crippen MR) is 117 cm³/mol. The lowest BCUT2D eigenvalue weighted by Gasteiger charge is -2.27. The lowest BCUT2D eigenvalue weighted by molar-refractivity contribution is -0.134. The molecule has 1 amide bonds. The number of amides is 1. The monoisotopic (exact) mass is 424 g/mol. The second kappa shape index (κ2) is 8.60. The summed E-state index contributed by atoms with van der Waals surface area (Å²) in [6.07, 6.45) is 0. The summed E-state index contributed by atoms with van der Waals surface area (Å²) in [6, 6.07) is 7.11. The molecule has 3 aromatic rings. The number of aryl methyl sites for hydroxylation is 2. The van der Waals surface area contributed by atoms with Crippen molar-refractivity contribution in [1.82, 2.24) is 15.0 Å². The molecule has 1 aromatic carbocycles. The maximum atomic E-state index is 13.0. The van der Waals surface area contributed by atoms with Crippen LogP contribution in [0.15, 0.2) is 24.3 Å². The molecule has 0 unspecified atom stereocenters. The zero-order valence-electron chi connectivity index (χ0n) is 17.4. The summed E-state index contributed by atoms with van der Waals surface area (Å²) in [5, 5.41) is 15.6. The number of hydrogen-bond donors (Lipinski definition) is 4. The highest BCUT2D eigenvalue weighted by Gasteiger charge is 2.19. The van der Waals surface area contributed by atoms with E-state index in [0.29, 0.717) is 37.9 Å². The third-order valence-corrected chi connectivity index (χ3v) is 5.23. The summed E-state index contributed by atoms with van der Waals surface area (Å²) in [5.41, 5.74) is 4.00. The first-order valence-corrected chi connectivity index (χ1v) is 9.98. The summed E-state index contributed by atoms with van der Waals surface area (Å²) in [4.78, 5) is 37.9. The Morgan fingerprint density at radius 3 is 2.71 bits per heavy atom. The molecule has 0 saturated carbocycles. The normalized spacial score (nSPS) is 13.9. The van der Waals surface area contributed by atoms with E-state index in [2.05, 4.69) is 25.6 Å². The summed E-state index contributed by atoms with van der Waals surface area (Å²) in [5.74, 6) is -0.796. The number of H-pyrrole nitrogens is 1. The van der Waals surface area contributed by atoms with Crippen LogP contribution in [0.4, 0.5) is 17.5 Å². The molecule has 1 saturated heterocycles. The van der Waals surface area contributed by atoms with Gasteiger partial charge in [0.2, 0.25) is 5.95 Å². The predicted octanol–water partition coefficient (Wildman–Crippen LogP) is 2.16. The minimum atomic E-state index is -1.02. The summed E-state index contributed by atoms with van der Waals surface area (Å²) < 4.78 is 5.36. The molecule has 1 aliphatic heterocycles. The fraction of sp³-hybridized carbons (Fsp3) is 0.333. The lowest BCUT2D eigenvalue weighted by atomic mass is 10.1. The van der Waals surface area contributed by atoms with Crippen molar-refractivity contribution in [2.45, 2.75) is 13.8 Å². The van der Waals surface area contributed by atoms with Crippen molar-refractivity contribution >= 4 is 40.2 Å². The number of aromatic nitrogens is 3. The smallest absolute Gasteiger partial charge is 0.322 e. The van der Waals surface area contributed by atoms with Crippen molar-refractivity contribution < 1.29 is 19.4 Å². The van der Waals surface area contributed by atoms with Gasteiger partial charge in [-0.1, -0.05) is 0 Å². The van der Waals surface area contributed by atoms with Gasteiger partial charge in [0.1, 0.15) is 18.1 Å². The van der Waals surface area contributed by atoms with Crippen LogP contribution >= 0.6 is 0 Å². The number of aromatic amines is 1. The van der Waals surface area contributed by atoms with Crippen LogP contribution in [-0.2, 0) is 9.53 Å². The third-order valence-electron chi connectivity index (χ3n) is 5.23. The molecule has 10 nitrogen and oxygen atoms in total. The molecule has 0 bridgehead atoms. The van der Waals surface area contributed by atoms with Crippen molar-refractivity contribution in [3.05, 3.63) is 41.2 Å². The first-order chi connectivity index (χ1) is 14.9.